The third-order valence-corrected chi connectivity index (χ3v) is 2.78. The van der Waals surface area contributed by atoms with Gasteiger partial charge in [-0.15, -0.1) is 30.6 Å². The molecule has 0 unspecified atom stereocenters. The molecule has 0 heterocycles. The molecular formula is C11H25IN4O2S. The molecule has 0 aromatic heterocycles. The first kappa shape index (κ1) is 21.0. The molecule has 0 rings (SSSR count). The highest BCUT2D eigenvalue weighted by Gasteiger charge is 2.21. The quantitative estimate of drug-likeness (QED) is 0.252. The molecule has 8 heteroatoms. The minimum atomic E-state index is -3.24. The van der Waals surface area contributed by atoms with Crippen LogP contribution in [0.1, 0.15) is 20.8 Å². The predicted octanol–water partition coefficient (Wildman–Crippen LogP) is 0.673. The zero-order chi connectivity index (χ0) is 14.2. The maximum Gasteiger partial charge on any atom is 0.209 e. The van der Waals surface area contributed by atoms with Crippen molar-refractivity contribution in [2.45, 2.75) is 26.3 Å². The lowest BCUT2D eigenvalue weighted by Gasteiger charge is -2.23. The molecule has 0 aromatic rings. The topological polar surface area (TPSA) is 82.6 Å². The molecular weight excluding hydrogens is 379 g/mol. The molecule has 19 heavy (non-hydrogen) atoms. The average Bonchev–Trinajstić information content (AvgIpc) is 2.19. The van der Waals surface area contributed by atoms with E-state index in [1.165, 1.54) is 0 Å². The highest BCUT2D eigenvalue weighted by molar-refractivity contribution is 14.0. The molecule has 0 aliphatic carbocycles. The van der Waals surface area contributed by atoms with Crippen molar-refractivity contribution in [3.8, 4) is 0 Å². The van der Waals surface area contributed by atoms with E-state index in [4.69, 9.17) is 0 Å². The molecule has 3 N–H and O–H groups in total. The van der Waals surface area contributed by atoms with Crippen molar-refractivity contribution >= 4 is 40.0 Å². The summed E-state index contributed by atoms with van der Waals surface area (Å²) in [6, 6.07) is 0. The lowest BCUT2D eigenvalue weighted by atomic mass is 10.1. The van der Waals surface area contributed by atoms with E-state index in [1.54, 1.807) is 19.9 Å². The average molecular weight is 404 g/mol. The van der Waals surface area contributed by atoms with Gasteiger partial charge in [0.1, 0.15) is 0 Å². The van der Waals surface area contributed by atoms with Gasteiger partial charge in [0.05, 0.1) is 12.8 Å². The molecule has 0 saturated carbocycles. The fourth-order valence-electron chi connectivity index (χ4n) is 1.32. The van der Waals surface area contributed by atoms with Crippen LogP contribution in [-0.2, 0) is 10.0 Å². The third-order valence-electron chi connectivity index (χ3n) is 1.85. The second kappa shape index (κ2) is 9.54. The van der Waals surface area contributed by atoms with Gasteiger partial charge >= 0.3 is 0 Å². The van der Waals surface area contributed by atoms with Gasteiger partial charge in [0.2, 0.25) is 10.0 Å². The SMILES string of the molecule is C=CCNC(=NCC(C)(C)NS(C)(=O)=O)NCC.I. The standard InChI is InChI=1S/C11H24N4O2S.HI/c1-6-8-13-10(12-7-2)14-9-11(3,4)15-18(5,16)17;/h6,15H,1,7-9H2,2-5H3,(H2,12,13,14);1H. The van der Waals surface area contributed by atoms with E-state index < -0.39 is 15.6 Å². The summed E-state index contributed by atoms with van der Waals surface area (Å²) >= 11 is 0. The highest BCUT2D eigenvalue weighted by atomic mass is 127. The summed E-state index contributed by atoms with van der Waals surface area (Å²) in [6.45, 7) is 10.8. The smallest absolute Gasteiger partial charge is 0.209 e. The van der Waals surface area contributed by atoms with Crippen LogP contribution in [0.4, 0.5) is 0 Å². The molecule has 0 fully saturated rings. The van der Waals surface area contributed by atoms with E-state index in [0.717, 1.165) is 12.8 Å². The second-order valence-electron chi connectivity index (χ2n) is 4.62. The van der Waals surface area contributed by atoms with E-state index in [2.05, 4.69) is 26.9 Å². The van der Waals surface area contributed by atoms with Crippen molar-refractivity contribution in [3.05, 3.63) is 12.7 Å². The maximum atomic E-state index is 11.2. The van der Waals surface area contributed by atoms with E-state index in [1.807, 2.05) is 6.92 Å². The number of nitrogens with zero attached hydrogens (tertiary/aromatic N) is 1. The summed E-state index contributed by atoms with van der Waals surface area (Å²) in [5, 5.41) is 6.12. The Morgan fingerprint density at radius 1 is 1.37 bits per heavy atom. The van der Waals surface area contributed by atoms with E-state index >= 15 is 0 Å². The molecule has 0 aliphatic heterocycles. The van der Waals surface area contributed by atoms with E-state index in [-0.39, 0.29) is 24.0 Å². The Bertz CT molecular complexity index is 393. The molecule has 114 valence electrons. The first-order valence-electron chi connectivity index (χ1n) is 5.82. The Hall–Kier alpha value is -0.350. The van der Waals surface area contributed by atoms with Gasteiger partial charge in [-0.25, -0.2) is 13.1 Å². The van der Waals surface area contributed by atoms with Gasteiger partial charge < -0.3 is 10.6 Å². The Morgan fingerprint density at radius 3 is 2.37 bits per heavy atom. The lowest BCUT2D eigenvalue weighted by Crippen LogP contribution is -2.46. The van der Waals surface area contributed by atoms with Crippen LogP contribution in [0, 0.1) is 0 Å². The Balaban J connectivity index is 0. The minimum absolute atomic E-state index is 0. The number of nitrogens with one attached hydrogen (secondary N) is 3. The number of hydrogen-bond donors (Lipinski definition) is 3. The molecule has 0 amide bonds. The monoisotopic (exact) mass is 404 g/mol. The fourth-order valence-corrected chi connectivity index (χ4v) is 2.39. The number of hydrogen-bond acceptors (Lipinski definition) is 3. The van der Waals surface area contributed by atoms with E-state index in [0.29, 0.717) is 19.0 Å². The summed E-state index contributed by atoms with van der Waals surface area (Å²) in [5.41, 5.74) is -0.621. The van der Waals surface area contributed by atoms with Crippen LogP contribution >= 0.6 is 24.0 Å². The largest absolute Gasteiger partial charge is 0.357 e. The van der Waals surface area contributed by atoms with Crippen LogP contribution in [0.25, 0.3) is 0 Å². The number of guanidine groups is 1. The summed E-state index contributed by atoms with van der Waals surface area (Å²) in [6.07, 6.45) is 2.87. The normalized spacial score (nSPS) is 12.5. The van der Waals surface area contributed by atoms with Crippen LogP contribution < -0.4 is 15.4 Å². The number of sulfonamides is 1. The molecule has 0 aromatic carbocycles. The first-order chi connectivity index (χ1) is 8.20. The molecule has 0 spiro atoms. The van der Waals surface area contributed by atoms with Gasteiger partial charge in [-0.3, -0.25) is 4.99 Å². The maximum absolute atomic E-state index is 11.2. The summed E-state index contributed by atoms with van der Waals surface area (Å²) in [4.78, 5) is 4.33. The Labute approximate surface area is 133 Å². The van der Waals surface area contributed by atoms with Gasteiger partial charge in [0.15, 0.2) is 5.96 Å². The van der Waals surface area contributed by atoms with Gasteiger partial charge in [0.25, 0.3) is 0 Å². The van der Waals surface area contributed by atoms with Gasteiger partial charge in [-0.05, 0) is 20.8 Å². The van der Waals surface area contributed by atoms with Crippen LogP contribution in [0.5, 0.6) is 0 Å². The van der Waals surface area contributed by atoms with Gasteiger partial charge in [-0.2, -0.15) is 0 Å². The van der Waals surface area contributed by atoms with Crippen molar-refractivity contribution in [1.82, 2.24) is 15.4 Å². The predicted molar refractivity (Wildman–Crippen MR) is 91.7 cm³/mol. The molecule has 0 radical (unpaired) electrons. The van der Waals surface area contributed by atoms with Crippen LogP contribution in [0.2, 0.25) is 0 Å². The van der Waals surface area contributed by atoms with Crippen molar-refractivity contribution < 1.29 is 8.42 Å². The van der Waals surface area contributed by atoms with E-state index in [9.17, 15) is 8.42 Å². The fraction of sp³-hybridized carbons (Fsp3) is 0.727. The molecule has 0 atom stereocenters. The highest BCUT2D eigenvalue weighted by Crippen LogP contribution is 2.04. The lowest BCUT2D eigenvalue weighted by molar-refractivity contribution is 0.464. The Morgan fingerprint density at radius 2 is 1.95 bits per heavy atom. The molecule has 0 aliphatic rings. The molecule has 0 saturated heterocycles. The van der Waals surface area contributed by atoms with Gasteiger partial charge in [-0.1, -0.05) is 6.08 Å². The van der Waals surface area contributed by atoms with Crippen LogP contribution in [0.15, 0.2) is 17.6 Å². The van der Waals surface area contributed by atoms with Crippen LogP contribution in [-0.4, -0.2) is 45.8 Å². The number of rotatable bonds is 7. The first-order valence-corrected chi connectivity index (χ1v) is 7.71. The van der Waals surface area contributed by atoms with Crippen molar-refractivity contribution in [1.29, 1.82) is 0 Å². The van der Waals surface area contributed by atoms with Crippen molar-refractivity contribution in [3.63, 3.8) is 0 Å². The molecule has 0 bridgehead atoms. The number of aliphatic imine (C=N–C) groups is 1. The van der Waals surface area contributed by atoms with Crippen molar-refractivity contribution in [2.75, 3.05) is 25.9 Å². The second-order valence-corrected chi connectivity index (χ2v) is 6.37. The Kier molecular flexibility index (Phi) is 10.5. The van der Waals surface area contributed by atoms with Crippen LogP contribution in [0.3, 0.4) is 0 Å². The van der Waals surface area contributed by atoms with Crippen molar-refractivity contribution in [2.24, 2.45) is 4.99 Å². The third kappa shape index (κ3) is 12.4. The zero-order valence-electron chi connectivity index (χ0n) is 12.0. The summed E-state index contributed by atoms with van der Waals surface area (Å²) in [5.74, 6) is 0.640. The minimum Gasteiger partial charge on any atom is -0.357 e. The summed E-state index contributed by atoms with van der Waals surface area (Å²) in [7, 11) is -3.24. The number of halogens is 1. The van der Waals surface area contributed by atoms with Gasteiger partial charge in [0, 0.05) is 18.6 Å². The summed E-state index contributed by atoms with van der Waals surface area (Å²) < 4.78 is 24.9. The molecule has 6 nitrogen and oxygen atoms in total. The zero-order valence-corrected chi connectivity index (χ0v) is 15.1.